The van der Waals surface area contributed by atoms with Gasteiger partial charge in [-0.25, -0.2) is 13.2 Å². The second-order valence-electron chi connectivity index (χ2n) is 8.83. The monoisotopic (exact) mass is 540 g/mol. The molecule has 1 heterocycles. The van der Waals surface area contributed by atoms with Crippen molar-refractivity contribution in [1.82, 2.24) is 9.62 Å². The third kappa shape index (κ3) is 6.15. The number of hydrogen-bond acceptors (Lipinski definition) is 7. The zero-order valence-electron chi connectivity index (χ0n) is 20.2. The van der Waals surface area contributed by atoms with E-state index < -0.39 is 34.0 Å². The first kappa shape index (κ1) is 26.7. The number of hydrogen-bond donors (Lipinski definition) is 3. The number of nitrogens with one attached hydrogen (secondary N) is 1. The molecule has 4 rings (SSSR count). The van der Waals surface area contributed by atoms with Gasteiger partial charge in [-0.15, -0.1) is 0 Å². The summed E-state index contributed by atoms with van der Waals surface area (Å²) in [4.78, 5) is 25.8. The van der Waals surface area contributed by atoms with Gasteiger partial charge in [0.2, 0.25) is 15.9 Å². The Morgan fingerprint density at radius 3 is 2.27 bits per heavy atom. The highest BCUT2D eigenvalue weighted by Gasteiger charge is 2.43. The standard InChI is InChI=1S/C27H28N2O6S2/c1-35-27(32)24(15-18-7-11-21(30)12-8-18)28-26(31)25-16-22(36)17-29(25)37(33,34)23-13-9-20(10-14-23)19-5-3-2-4-6-19/h2-14,22,24-25,30,36H,15-17H2,1H3,(H,28,31)/t22-,24-,25-/m0/s1. The summed E-state index contributed by atoms with van der Waals surface area (Å²) >= 11 is 4.45. The fourth-order valence-corrected chi connectivity index (χ4v) is 6.47. The summed E-state index contributed by atoms with van der Waals surface area (Å²) in [5, 5.41) is 11.8. The highest BCUT2D eigenvalue weighted by atomic mass is 32.2. The lowest BCUT2D eigenvalue weighted by Crippen LogP contribution is -2.51. The van der Waals surface area contributed by atoms with Gasteiger partial charge in [0, 0.05) is 18.2 Å². The number of phenolic OH excluding ortho intramolecular Hbond substituents is 1. The van der Waals surface area contributed by atoms with E-state index >= 15 is 0 Å². The normalized spacial score (nSPS) is 18.8. The molecule has 3 aromatic carbocycles. The van der Waals surface area contributed by atoms with Gasteiger partial charge in [-0.3, -0.25) is 4.79 Å². The van der Waals surface area contributed by atoms with Gasteiger partial charge in [-0.1, -0.05) is 54.6 Å². The number of aromatic hydroxyl groups is 1. The Kier molecular flexibility index (Phi) is 8.21. The van der Waals surface area contributed by atoms with Crippen molar-refractivity contribution in [1.29, 1.82) is 0 Å². The number of esters is 1. The van der Waals surface area contributed by atoms with Gasteiger partial charge in [-0.2, -0.15) is 16.9 Å². The van der Waals surface area contributed by atoms with Crippen LogP contribution in [-0.4, -0.2) is 60.7 Å². The third-order valence-electron chi connectivity index (χ3n) is 6.28. The number of rotatable bonds is 8. The molecule has 1 fully saturated rings. The fraction of sp³-hybridized carbons (Fsp3) is 0.259. The maximum Gasteiger partial charge on any atom is 0.328 e. The molecule has 1 aliphatic rings. The Balaban J connectivity index is 1.54. The number of benzene rings is 3. The second-order valence-corrected chi connectivity index (χ2v) is 11.4. The molecule has 37 heavy (non-hydrogen) atoms. The minimum atomic E-state index is -4.01. The maximum atomic E-state index is 13.5. The van der Waals surface area contributed by atoms with Crippen LogP contribution in [0, 0.1) is 0 Å². The van der Waals surface area contributed by atoms with Crippen molar-refractivity contribution < 1.29 is 27.9 Å². The van der Waals surface area contributed by atoms with Crippen LogP contribution in [0.5, 0.6) is 5.75 Å². The zero-order chi connectivity index (χ0) is 26.6. The molecule has 8 nitrogen and oxygen atoms in total. The van der Waals surface area contributed by atoms with Crippen molar-refractivity contribution in [3.05, 3.63) is 84.4 Å². The fourth-order valence-electron chi connectivity index (χ4n) is 4.34. The Morgan fingerprint density at radius 2 is 1.65 bits per heavy atom. The number of nitrogens with zero attached hydrogens (tertiary/aromatic N) is 1. The molecule has 0 radical (unpaired) electrons. The summed E-state index contributed by atoms with van der Waals surface area (Å²) in [6, 6.07) is 20.3. The van der Waals surface area contributed by atoms with E-state index in [4.69, 9.17) is 4.74 Å². The van der Waals surface area contributed by atoms with Gasteiger partial charge in [-0.05, 0) is 47.4 Å². The Morgan fingerprint density at radius 1 is 1.03 bits per heavy atom. The minimum Gasteiger partial charge on any atom is -0.508 e. The van der Waals surface area contributed by atoms with Crippen LogP contribution in [0.2, 0.25) is 0 Å². The first-order chi connectivity index (χ1) is 17.7. The average Bonchev–Trinajstić information content (AvgIpc) is 3.32. The van der Waals surface area contributed by atoms with Crippen molar-refractivity contribution in [2.45, 2.75) is 35.1 Å². The molecule has 0 unspecified atom stereocenters. The summed E-state index contributed by atoms with van der Waals surface area (Å²) in [5.74, 6) is -1.19. The summed E-state index contributed by atoms with van der Waals surface area (Å²) in [6.45, 7) is 0.0603. The number of carbonyl (C=O) groups excluding carboxylic acids is 2. The number of thiol groups is 1. The second kappa shape index (κ2) is 11.4. The van der Waals surface area contributed by atoms with E-state index in [1.54, 1.807) is 24.3 Å². The molecule has 1 aliphatic heterocycles. The van der Waals surface area contributed by atoms with Crippen molar-refractivity contribution in [3.8, 4) is 16.9 Å². The van der Waals surface area contributed by atoms with Crippen LogP contribution in [0.4, 0.5) is 0 Å². The minimum absolute atomic E-state index is 0.0603. The molecule has 1 amide bonds. The molecule has 0 spiro atoms. The van der Waals surface area contributed by atoms with Crippen LogP contribution in [0.1, 0.15) is 12.0 Å². The highest BCUT2D eigenvalue weighted by Crippen LogP contribution is 2.30. The molecule has 3 aromatic rings. The van der Waals surface area contributed by atoms with E-state index in [9.17, 15) is 23.1 Å². The Hall–Kier alpha value is -3.34. The molecule has 0 bridgehead atoms. The van der Waals surface area contributed by atoms with E-state index in [2.05, 4.69) is 17.9 Å². The first-order valence-electron chi connectivity index (χ1n) is 11.7. The molecule has 194 valence electrons. The summed E-state index contributed by atoms with van der Waals surface area (Å²) in [7, 11) is -2.79. The number of amides is 1. The number of carbonyl (C=O) groups is 2. The van der Waals surface area contributed by atoms with Crippen molar-refractivity contribution in [3.63, 3.8) is 0 Å². The molecule has 10 heteroatoms. The number of methoxy groups -OCH3 is 1. The lowest BCUT2D eigenvalue weighted by Gasteiger charge is -2.25. The van der Waals surface area contributed by atoms with E-state index in [0.717, 1.165) is 15.4 Å². The van der Waals surface area contributed by atoms with Crippen LogP contribution in [0.15, 0.2) is 83.8 Å². The van der Waals surface area contributed by atoms with Crippen molar-refractivity contribution in [2.24, 2.45) is 0 Å². The van der Waals surface area contributed by atoms with E-state index in [1.165, 1.54) is 31.4 Å². The molecule has 3 atom stereocenters. The average molecular weight is 541 g/mol. The first-order valence-corrected chi connectivity index (χ1v) is 13.7. The molecule has 0 aromatic heterocycles. The lowest BCUT2D eigenvalue weighted by atomic mass is 10.0. The molecule has 0 saturated carbocycles. The Bertz CT molecular complexity index is 1350. The van der Waals surface area contributed by atoms with E-state index in [1.807, 2.05) is 30.3 Å². The van der Waals surface area contributed by atoms with Gasteiger partial charge in [0.05, 0.1) is 12.0 Å². The third-order valence-corrected chi connectivity index (χ3v) is 8.55. The van der Waals surface area contributed by atoms with Crippen LogP contribution in [-0.2, 0) is 30.8 Å². The van der Waals surface area contributed by atoms with Crippen LogP contribution in [0.25, 0.3) is 11.1 Å². The SMILES string of the molecule is COC(=O)[C@H](Cc1ccc(O)cc1)NC(=O)[C@@H]1C[C@H](S)CN1S(=O)(=O)c1ccc(-c2ccccc2)cc1. The topological polar surface area (TPSA) is 113 Å². The van der Waals surface area contributed by atoms with Crippen molar-refractivity contribution in [2.75, 3.05) is 13.7 Å². The van der Waals surface area contributed by atoms with Crippen molar-refractivity contribution >= 4 is 34.5 Å². The number of ether oxygens (including phenoxy) is 1. The van der Waals surface area contributed by atoms with Crippen LogP contribution in [0.3, 0.4) is 0 Å². The Labute approximate surface area is 221 Å². The van der Waals surface area contributed by atoms with Gasteiger partial charge >= 0.3 is 5.97 Å². The summed E-state index contributed by atoms with van der Waals surface area (Å²) in [5.41, 5.74) is 2.52. The largest absolute Gasteiger partial charge is 0.508 e. The quantitative estimate of drug-likeness (QED) is 0.299. The van der Waals surface area contributed by atoms with E-state index in [0.29, 0.717) is 5.56 Å². The summed E-state index contributed by atoms with van der Waals surface area (Å²) in [6.07, 6.45) is 0.312. The zero-order valence-corrected chi connectivity index (χ0v) is 21.9. The summed E-state index contributed by atoms with van der Waals surface area (Å²) < 4.78 is 33.1. The molecule has 0 aliphatic carbocycles. The van der Waals surface area contributed by atoms with Gasteiger partial charge in [0.25, 0.3) is 0 Å². The van der Waals surface area contributed by atoms with Crippen LogP contribution < -0.4 is 5.32 Å². The number of sulfonamides is 1. The molecular weight excluding hydrogens is 512 g/mol. The smallest absolute Gasteiger partial charge is 0.328 e. The predicted octanol–water partition coefficient (Wildman–Crippen LogP) is 3.02. The maximum absolute atomic E-state index is 13.5. The van der Waals surface area contributed by atoms with Gasteiger partial charge in [0.1, 0.15) is 17.8 Å². The van der Waals surface area contributed by atoms with Gasteiger partial charge < -0.3 is 15.2 Å². The van der Waals surface area contributed by atoms with Crippen LogP contribution >= 0.6 is 12.6 Å². The molecular formula is C27H28N2O6S2. The molecule has 2 N–H and O–H groups in total. The number of phenols is 1. The predicted molar refractivity (Wildman–Crippen MR) is 143 cm³/mol. The molecule has 1 saturated heterocycles. The van der Waals surface area contributed by atoms with Gasteiger partial charge in [0.15, 0.2) is 0 Å². The highest BCUT2D eigenvalue weighted by molar-refractivity contribution is 7.89. The van der Waals surface area contributed by atoms with E-state index in [-0.39, 0.29) is 35.3 Å². The lowest BCUT2D eigenvalue weighted by molar-refractivity contribution is -0.145.